The van der Waals surface area contributed by atoms with Crippen molar-refractivity contribution in [3.05, 3.63) is 83.8 Å². The SMILES string of the molecule is CN/C=C(\C=N)c1cc2nc(-c3ccc(NC(=O)Nc4ccc(C(=O)N(C)C)cc4)cc3)nc(N3CCOCC3)c2cc1F. The minimum atomic E-state index is -0.472. The Morgan fingerprint density at radius 1 is 0.977 bits per heavy atom. The summed E-state index contributed by atoms with van der Waals surface area (Å²) in [5, 5.41) is 16.7. The molecule has 44 heavy (non-hydrogen) atoms. The molecule has 11 nitrogen and oxygen atoms in total. The van der Waals surface area contributed by atoms with Gasteiger partial charge >= 0.3 is 6.03 Å². The summed E-state index contributed by atoms with van der Waals surface area (Å²) in [5.41, 5.74) is 3.50. The second-order valence-corrected chi connectivity index (χ2v) is 10.3. The largest absolute Gasteiger partial charge is 0.393 e. The molecule has 1 aromatic heterocycles. The summed E-state index contributed by atoms with van der Waals surface area (Å²) in [7, 11) is 5.05. The minimum Gasteiger partial charge on any atom is -0.393 e. The Bertz CT molecular complexity index is 1720. The van der Waals surface area contributed by atoms with Crippen molar-refractivity contribution in [1.82, 2.24) is 20.2 Å². The number of aromatic nitrogens is 2. The minimum absolute atomic E-state index is 0.122. The van der Waals surface area contributed by atoms with Gasteiger partial charge in [-0.2, -0.15) is 0 Å². The van der Waals surface area contributed by atoms with Gasteiger partial charge in [-0.05, 0) is 60.7 Å². The van der Waals surface area contributed by atoms with Gasteiger partial charge in [-0.25, -0.2) is 19.2 Å². The average molecular weight is 597 g/mol. The summed E-state index contributed by atoms with van der Waals surface area (Å²) in [5.74, 6) is 0.449. The van der Waals surface area contributed by atoms with E-state index in [-0.39, 0.29) is 11.5 Å². The lowest BCUT2D eigenvalue weighted by Crippen LogP contribution is -2.37. The number of nitrogens with one attached hydrogen (secondary N) is 4. The van der Waals surface area contributed by atoms with Gasteiger partial charge in [0.25, 0.3) is 5.91 Å². The molecule has 4 N–H and O–H groups in total. The number of allylic oxidation sites excluding steroid dienone is 1. The molecule has 3 aromatic carbocycles. The van der Waals surface area contributed by atoms with E-state index < -0.39 is 11.8 Å². The summed E-state index contributed by atoms with van der Waals surface area (Å²) in [4.78, 5) is 37.9. The average Bonchev–Trinajstić information content (AvgIpc) is 3.03. The van der Waals surface area contributed by atoms with Crippen LogP contribution in [-0.4, -0.2) is 80.5 Å². The topological polar surface area (TPSA) is 136 Å². The van der Waals surface area contributed by atoms with Crippen molar-refractivity contribution in [1.29, 1.82) is 5.41 Å². The fraction of sp³-hybridized carbons (Fsp3) is 0.219. The number of benzene rings is 3. The maximum absolute atomic E-state index is 15.3. The van der Waals surface area contributed by atoms with Crippen LogP contribution >= 0.6 is 0 Å². The maximum atomic E-state index is 15.3. The third-order valence-electron chi connectivity index (χ3n) is 7.04. The Hall–Kier alpha value is -5.36. The molecular formula is C32H33FN8O3. The van der Waals surface area contributed by atoms with Gasteiger partial charge in [-0.3, -0.25) is 4.79 Å². The van der Waals surface area contributed by atoms with E-state index in [9.17, 15) is 9.59 Å². The first kappa shape index (κ1) is 30.1. The second-order valence-electron chi connectivity index (χ2n) is 10.3. The van der Waals surface area contributed by atoms with Gasteiger partial charge in [0.2, 0.25) is 0 Å². The first-order valence-corrected chi connectivity index (χ1v) is 14.0. The zero-order chi connectivity index (χ0) is 31.2. The van der Waals surface area contributed by atoms with Crippen molar-refractivity contribution in [3.8, 4) is 11.4 Å². The predicted octanol–water partition coefficient (Wildman–Crippen LogP) is 4.83. The third kappa shape index (κ3) is 6.65. The number of urea groups is 1. The second kappa shape index (κ2) is 13.3. The lowest BCUT2D eigenvalue weighted by Gasteiger charge is -2.29. The standard InChI is InChI=1S/C32H33FN8O3/c1-35-19-22(18-34)25-17-28-26(16-27(25)33)30(41-12-14-44-15-13-41)39-29(38-28)20-4-8-23(9-5-20)36-32(43)37-24-10-6-21(7-11-24)31(42)40(2)3/h4-11,16-19,34-35H,12-15H2,1-3H3,(H2,36,37,43)/b22-19+,34-18?. The molecular weight excluding hydrogens is 563 g/mol. The molecule has 2 heterocycles. The molecule has 0 bridgehead atoms. The molecule has 0 unspecified atom stereocenters. The van der Waals surface area contributed by atoms with Crippen molar-refractivity contribution >= 4 is 51.8 Å². The highest BCUT2D eigenvalue weighted by molar-refractivity contribution is 6.09. The van der Waals surface area contributed by atoms with E-state index in [0.29, 0.717) is 76.9 Å². The van der Waals surface area contributed by atoms with E-state index in [4.69, 9.17) is 20.1 Å². The van der Waals surface area contributed by atoms with Crippen LogP contribution in [0.2, 0.25) is 0 Å². The summed E-state index contributed by atoms with van der Waals surface area (Å²) in [6.07, 6.45) is 2.65. The van der Waals surface area contributed by atoms with E-state index in [2.05, 4.69) is 20.9 Å². The van der Waals surface area contributed by atoms with Gasteiger partial charge in [0.05, 0.1) is 18.7 Å². The number of ether oxygens (including phenoxy) is 1. The summed E-state index contributed by atoms with van der Waals surface area (Å²) in [6, 6.07) is 16.4. The Labute approximate surface area is 254 Å². The Morgan fingerprint density at radius 2 is 1.61 bits per heavy atom. The number of anilines is 3. The summed E-state index contributed by atoms with van der Waals surface area (Å²) >= 11 is 0. The van der Waals surface area contributed by atoms with Crippen molar-refractivity contribution in [3.63, 3.8) is 0 Å². The van der Waals surface area contributed by atoms with Crippen LogP contribution in [0.3, 0.4) is 0 Å². The van der Waals surface area contributed by atoms with Gasteiger partial charge in [0.1, 0.15) is 11.6 Å². The Kier molecular flexibility index (Phi) is 9.10. The zero-order valence-electron chi connectivity index (χ0n) is 24.6. The monoisotopic (exact) mass is 596 g/mol. The molecule has 0 spiro atoms. The lowest BCUT2D eigenvalue weighted by molar-refractivity contribution is 0.0827. The highest BCUT2D eigenvalue weighted by Gasteiger charge is 2.20. The van der Waals surface area contributed by atoms with Crippen LogP contribution in [0.1, 0.15) is 15.9 Å². The number of carbonyl (C=O) groups excluding carboxylic acids is 2. The number of amides is 3. The number of morpholine rings is 1. The number of carbonyl (C=O) groups is 2. The van der Waals surface area contributed by atoms with Crippen molar-refractivity contribution in [2.24, 2.45) is 0 Å². The fourth-order valence-electron chi connectivity index (χ4n) is 4.80. The quantitative estimate of drug-likeness (QED) is 0.214. The molecule has 12 heteroatoms. The number of hydrogen-bond acceptors (Lipinski definition) is 8. The van der Waals surface area contributed by atoms with Crippen LogP contribution in [0.15, 0.2) is 66.9 Å². The third-order valence-corrected chi connectivity index (χ3v) is 7.04. The van der Waals surface area contributed by atoms with Crippen LogP contribution < -0.4 is 20.9 Å². The molecule has 1 aliphatic rings. The predicted molar refractivity (Wildman–Crippen MR) is 171 cm³/mol. The van der Waals surface area contributed by atoms with Crippen LogP contribution in [0, 0.1) is 11.2 Å². The molecule has 0 radical (unpaired) electrons. The highest BCUT2D eigenvalue weighted by atomic mass is 19.1. The molecule has 4 aromatic rings. The fourth-order valence-corrected chi connectivity index (χ4v) is 4.80. The van der Waals surface area contributed by atoms with Gasteiger partial charge < -0.3 is 35.9 Å². The number of fused-ring (bicyclic) bond motifs is 1. The Morgan fingerprint density at radius 3 is 2.20 bits per heavy atom. The van der Waals surface area contributed by atoms with Gasteiger partial charge in [-0.15, -0.1) is 0 Å². The molecule has 0 aliphatic carbocycles. The zero-order valence-corrected chi connectivity index (χ0v) is 24.6. The molecule has 1 fully saturated rings. The van der Waals surface area contributed by atoms with Gasteiger partial charge in [0.15, 0.2) is 5.82 Å². The normalized spacial score (nSPS) is 13.4. The van der Waals surface area contributed by atoms with Crippen LogP contribution in [0.5, 0.6) is 0 Å². The van der Waals surface area contributed by atoms with Crippen molar-refractivity contribution < 1.29 is 18.7 Å². The highest BCUT2D eigenvalue weighted by Crippen LogP contribution is 2.32. The molecule has 1 saturated heterocycles. The smallest absolute Gasteiger partial charge is 0.323 e. The summed E-state index contributed by atoms with van der Waals surface area (Å²) in [6.45, 7) is 2.27. The summed E-state index contributed by atoms with van der Waals surface area (Å²) < 4.78 is 20.8. The van der Waals surface area contributed by atoms with Crippen molar-refractivity contribution in [2.45, 2.75) is 0 Å². The van der Waals surface area contributed by atoms with E-state index in [0.717, 1.165) is 6.21 Å². The molecule has 0 saturated carbocycles. The van der Waals surface area contributed by atoms with E-state index in [1.54, 1.807) is 81.9 Å². The first-order valence-electron chi connectivity index (χ1n) is 14.0. The molecule has 1 aliphatic heterocycles. The van der Waals surface area contributed by atoms with Crippen molar-refractivity contribution in [2.75, 3.05) is 63.0 Å². The van der Waals surface area contributed by atoms with Gasteiger partial charge in [-0.1, -0.05) is 0 Å². The number of halogens is 1. The Balaban J connectivity index is 1.40. The van der Waals surface area contributed by atoms with E-state index in [1.165, 1.54) is 11.0 Å². The molecule has 3 amide bonds. The first-order chi connectivity index (χ1) is 21.3. The lowest BCUT2D eigenvalue weighted by atomic mass is 10.0. The maximum Gasteiger partial charge on any atom is 0.323 e. The molecule has 5 rings (SSSR count). The van der Waals surface area contributed by atoms with Gasteiger partial charge in [0, 0.05) is 85.7 Å². The van der Waals surface area contributed by atoms with Crippen LogP contribution in [0.25, 0.3) is 27.9 Å². The number of rotatable bonds is 8. The van der Waals surface area contributed by atoms with E-state index >= 15 is 4.39 Å². The van der Waals surface area contributed by atoms with Crippen LogP contribution in [0.4, 0.5) is 26.4 Å². The van der Waals surface area contributed by atoms with E-state index in [1.807, 2.05) is 0 Å². The van der Waals surface area contributed by atoms with Crippen LogP contribution in [-0.2, 0) is 4.74 Å². The molecule has 226 valence electrons. The number of nitrogens with zero attached hydrogens (tertiary/aromatic N) is 4. The molecule has 0 atom stereocenters. The number of hydrogen-bond donors (Lipinski definition) is 4.